The Morgan fingerprint density at radius 1 is 1.11 bits per heavy atom. The molecule has 0 saturated carbocycles. The summed E-state index contributed by atoms with van der Waals surface area (Å²) in [4.78, 5) is 8.75. The maximum absolute atomic E-state index is 9.45. The monoisotopic (exact) mass is 358 g/mol. The average Bonchev–Trinajstić information content (AvgIpc) is 3.15. The molecule has 0 saturated heterocycles. The van der Waals surface area contributed by atoms with Gasteiger partial charge in [0.25, 0.3) is 0 Å². The number of hydrogen-bond donors (Lipinski definition) is 1. The van der Waals surface area contributed by atoms with Crippen LogP contribution in [0.5, 0.6) is 11.5 Å². The number of hydrogen-bond acceptors (Lipinski definition) is 8. The van der Waals surface area contributed by atoms with Crippen molar-refractivity contribution in [2.75, 3.05) is 5.73 Å². The van der Waals surface area contributed by atoms with Crippen LogP contribution in [0, 0.1) is 18.3 Å². The van der Waals surface area contributed by atoms with Crippen LogP contribution in [0.2, 0.25) is 0 Å². The van der Waals surface area contributed by atoms with Crippen molar-refractivity contribution >= 4 is 16.9 Å². The van der Waals surface area contributed by atoms with E-state index in [1.807, 2.05) is 37.3 Å². The summed E-state index contributed by atoms with van der Waals surface area (Å²) in [6.45, 7) is 1.83. The lowest BCUT2D eigenvalue weighted by atomic mass is 10.0. The highest BCUT2D eigenvalue weighted by Gasteiger charge is 2.16. The molecule has 0 aliphatic rings. The zero-order chi connectivity index (χ0) is 18.8. The minimum Gasteiger partial charge on any atom is -0.454 e. The molecule has 27 heavy (non-hydrogen) atoms. The molecule has 2 N–H and O–H groups in total. The van der Waals surface area contributed by atoms with Crippen molar-refractivity contribution in [2.45, 2.75) is 13.3 Å². The van der Waals surface area contributed by atoms with Crippen molar-refractivity contribution in [3.8, 4) is 17.6 Å². The van der Waals surface area contributed by atoms with Gasteiger partial charge < -0.3 is 10.5 Å². The molecular weight excluding hydrogens is 344 g/mol. The van der Waals surface area contributed by atoms with E-state index in [9.17, 15) is 5.26 Å². The van der Waals surface area contributed by atoms with E-state index in [-0.39, 0.29) is 5.69 Å². The van der Waals surface area contributed by atoms with Gasteiger partial charge in [-0.25, -0.2) is 14.6 Å². The van der Waals surface area contributed by atoms with Gasteiger partial charge in [-0.2, -0.15) is 5.26 Å². The first-order valence-electron chi connectivity index (χ1n) is 8.16. The van der Waals surface area contributed by atoms with Gasteiger partial charge >= 0.3 is 0 Å². The summed E-state index contributed by atoms with van der Waals surface area (Å²) < 4.78 is 10.4. The second-order valence-electron chi connectivity index (χ2n) is 5.88. The number of benzene rings is 1. The van der Waals surface area contributed by atoms with E-state index in [4.69, 9.17) is 15.1 Å². The van der Waals surface area contributed by atoms with Crippen molar-refractivity contribution in [3.63, 3.8) is 0 Å². The van der Waals surface area contributed by atoms with Crippen LogP contribution in [-0.2, 0) is 6.42 Å². The Balaban J connectivity index is 1.67. The summed E-state index contributed by atoms with van der Waals surface area (Å²) in [6, 6.07) is 14.8. The van der Waals surface area contributed by atoms with E-state index in [1.54, 1.807) is 12.1 Å². The van der Waals surface area contributed by atoms with Crippen molar-refractivity contribution < 1.29 is 9.37 Å². The molecule has 0 atom stereocenters. The Morgan fingerprint density at radius 2 is 1.93 bits per heavy atom. The number of aromatic nitrogens is 4. The van der Waals surface area contributed by atoms with Crippen molar-refractivity contribution in [1.29, 1.82) is 5.26 Å². The number of nitrogen functional groups attached to an aromatic ring is 1. The fourth-order valence-electron chi connectivity index (χ4n) is 2.76. The Kier molecular flexibility index (Phi) is 4.10. The molecule has 0 aliphatic heterocycles. The molecule has 0 aliphatic carbocycles. The molecule has 0 unspecified atom stereocenters. The first kappa shape index (κ1) is 16.5. The van der Waals surface area contributed by atoms with Crippen LogP contribution >= 0.6 is 0 Å². The molecule has 0 amide bonds. The zero-order valence-electron chi connectivity index (χ0n) is 14.4. The van der Waals surface area contributed by atoms with Crippen molar-refractivity contribution in [3.05, 3.63) is 65.1 Å². The fourth-order valence-corrected chi connectivity index (χ4v) is 2.76. The topological polar surface area (TPSA) is 124 Å². The lowest BCUT2D eigenvalue weighted by Crippen LogP contribution is -2.04. The number of ether oxygens (including phenoxy) is 1. The maximum Gasteiger partial charge on any atom is 0.226 e. The molecular formula is C19H14N6O2. The third kappa shape index (κ3) is 3.14. The Hall–Kier alpha value is -3.99. The molecule has 0 spiro atoms. The van der Waals surface area contributed by atoms with Gasteiger partial charge in [0, 0.05) is 23.4 Å². The minimum atomic E-state index is 0.199. The zero-order valence-corrected chi connectivity index (χ0v) is 14.4. The fraction of sp³-hybridized carbons (Fsp3) is 0.105. The first-order valence-corrected chi connectivity index (χ1v) is 8.16. The largest absolute Gasteiger partial charge is 0.454 e. The Bertz CT molecular complexity index is 1160. The van der Waals surface area contributed by atoms with Gasteiger partial charge in [0.2, 0.25) is 5.65 Å². The van der Waals surface area contributed by atoms with E-state index >= 15 is 0 Å². The summed E-state index contributed by atoms with van der Waals surface area (Å²) in [5, 5.41) is 17.0. The second-order valence-corrected chi connectivity index (χ2v) is 5.88. The first-order chi connectivity index (χ1) is 13.2. The molecule has 0 radical (unpaired) electrons. The van der Waals surface area contributed by atoms with Crippen LogP contribution < -0.4 is 10.5 Å². The van der Waals surface area contributed by atoms with Gasteiger partial charge in [0.05, 0.1) is 5.69 Å². The molecule has 0 bridgehead atoms. The molecule has 4 rings (SSSR count). The van der Waals surface area contributed by atoms with Crippen molar-refractivity contribution in [2.24, 2.45) is 0 Å². The van der Waals surface area contributed by atoms with Gasteiger partial charge in [-0.15, -0.1) is 0 Å². The van der Waals surface area contributed by atoms with Crippen LogP contribution in [0.1, 0.15) is 22.6 Å². The predicted molar refractivity (Wildman–Crippen MR) is 97.0 cm³/mol. The van der Waals surface area contributed by atoms with E-state index in [1.165, 1.54) is 0 Å². The highest BCUT2D eigenvalue weighted by molar-refractivity contribution is 5.85. The van der Waals surface area contributed by atoms with Gasteiger partial charge in [-0.3, -0.25) is 0 Å². The normalized spacial score (nSPS) is 10.7. The summed E-state index contributed by atoms with van der Waals surface area (Å²) >= 11 is 0. The standard InChI is InChI=1S/C19H14N6O2/c1-11-14(17(21)18-19(22-11)25-27-24-18)9-12-7-8-16(15(10-20)23-12)26-13-5-3-2-4-6-13/h2-8H,9,21H2,1H3. The predicted octanol–water partition coefficient (Wildman–Crippen LogP) is 3.16. The van der Waals surface area contributed by atoms with Gasteiger partial charge in [0.15, 0.2) is 17.0 Å². The quantitative estimate of drug-likeness (QED) is 0.590. The van der Waals surface area contributed by atoms with Crippen LogP contribution in [0.3, 0.4) is 0 Å². The van der Waals surface area contributed by atoms with Gasteiger partial charge in [0.1, 0.15) is 11.8 Å². The second kappa shape index (κ2) is 6.72. The van der Waals surface area contributed by atoms with Gasteiger partial charge in [-0.1, -0.05) is 18.2 Å². The number of nitrogens with two attached hydrogens (primary N) is 1. The Morgan fingerprint density at radius 3 is 2.70 bits per heavy atom. The lowest BCUT2D eigenvalue weighted by molar-refractivity contribution is 0.315. The number of pyridine rings is 2. The maximum atomic E-state index is 9.45. The van der Waals surface area contributed by atoms with E-state index in [2.05, 4.69) is 26.4 Å². The average molecular weight is 358 g/mol. The van der Waals surface area contributed by atoms with Crippen LogP contribution in [0.4, 0.5) is 5.69 Å². The Labute approximate surface area is 154 Å². The number of rotatable bonds is 4. The number of anilines is 1. The van der Waals surface area contributed by atoms with Gasteiger partial charge in [-0.05, 0) is 41.5 Å². The van der Waals surface area contributed by atoms with Crippen LogP contribution in [-0.4, -0.2) is 20.3 Å². The van der Waals surface area contributed by atoms with E-state index in [0.717, 1.165) is 5.56 Å². The summed E-state index contributed by atoms with van der Waals surface area (Å²) in [5.74, 6) is 1.03. The third-order valence-electron chi connectivity index (χ3n) is 4.11. The van der Waals surface area contributed by atoms with E-state index in [0.29, 0.717) is 46.2 Å². The molecule has 8 nitrogen and oxygen atoms in total. The molecule has 132 valence electrons. The molecule has 4 aromatic rings. The minimum absolute atomic E-state index is 0.199. The van der Waals surface area contributed by atoms with Crippen molar-refractivity contribution in [1.82, 2.24) is 20.3 Å². The van der Waals surface area contributed by atoms with Crippen LogP contribution in [0.15, 0.2) is 47.1 Å². The summed E-state index contributed by atoms with van der Waals surface area (Å²) in [7, 11) is 0. The number of nitriles is 1. The summed E-state index contributed by atoms with van der Waals surface area (Å²) in [6.07, 6.45) is 0.397. The third-order valence-corrected chi connectivity index (χ3v) is 4.11. The smallest absolute Gasteiger partial charge is 0.226 e. The van der Waals surface area contributed by atoms with Crippen LogP contribution in [0.25, 0.3) is 11.2 Å². The highest BCUT2D eigenvalue weighted by Crippen LogP contribution is 2.28. The summed E-state index contributed by atoms with van der Waals surface area (Å²) in [5.41, 5.74) is 9.77. The number of nitrogens with zero attached hydrogens (tertiary/aromatic N) is 5. The lowest BCUT2D eigenvalue weighted by Gasteiger charge is -2.10. The number of fused-ring (bicyclic) bond motifs is 1. The van der Waals surface area contributed by atoms with E-state index < -0.39 is 0 Å². The molecule has 1 aromatic carbocycles. The number of para-hydroxylation sites is 1. The molecule has 0 fully saturated rings. The SMILES string of the molecule is Cc1nc2nonc2c(N)c1Cc1ccc(Oc2ccccc2)c(C#N)n1. The molecule has 3 aromatic heterocycles. The highest BCUT2D eigenvalue weighted by atomic mass is 16.6. The molecule has 3 heterocycles. The number of aryl methyl sites for hydroxylation is 1. The molecule has 8 heteroatoms.